The van der Waals surface area contributed by atoms with E-state index in [1.54, 1.807) is 24.0 Å². The number of Topliss-reactive ketones (excluding diaryl/α,β-unsaturated/α-hetero) is 1. The third-order valence-electron chi connectivity index (χ3n) is 3.66. The van der Waals surface area contributed by atoms with Crippen LogP contribution in [0.25, 0.3) is 0 Å². The molecular formula is C16H20FNO2. The lowest BCUT2D eigenvalue weighted by Gasteiger charge is -2.33. The second-order valence-electron chi connectivity index (χ2n) is 6.52. The Balaban J connectivity index is 2.28. The van der Waals surface area contributed by atoms with E-state index in [1.165, 1.54) is 6.07 Å². The molecule has 1 aromatic carbocycles. The number of hydrogen-bond acceptors (Lipinski definition) is 2. The Bertz CT molecular complexity index is 560. The van der Waals surface area contributed by atoms with E-state index in [0.29, 0.717) is 12.1 Å². The molecule has 108 valence electrons. The third kappa shape index (κ3) is 2.74. The van der Waals surface area contributed by atoms with Gasteiger partial charge in [-0.1, -0.05) is 32.9 Å². The van der Waals surface area contributed by atoms with Crippen LogP contribution >= 0.6 is 0 Å². The quantitative estimate of drug-likeness (QED) is 0.779. The molecule has 1 fully saturated rings. The summed E-state index contributed by atoms with van der Waals surface area (Å²) in [5.41, 5.74) is 1.10. The van der Waals surface area contributed by atoms with Crippen LogP contribution < -0.4 is 0 Å². The first kappa shape index (κ1) is 14.7. The van der Waals surface area contributed by atoms with Crippen LogP contribution in [0.2, 0.25) is 0 Å². The molecule has 20 heavy (non-hydrogen) atoms. The maximum absolute atomic E-state index is 13.3. The molecule has 0 N–H and O–H groups in total. The van der Waals surface area contributed by atoms with Crippen LogP contribution in [-0.2, 0) is 16.1 Å². The lowest BCUT2D eigenvalue weighted by molar-refractivity contribution is -0.131. The van der Waals surface area contributed by atoms with E-state index < -0.39 is 6.04 Å². The van der Waals surface area contributed by atoms with E-state index in [1.807, 2.05) is 20.8 Å². The van der Waals surface area contributed by atoms with Crippen molar-refractivity contribution in [2.45, 2.75) is 46.7 Å². The molecule has 4 heteroatoms. The van der Waals surface area contributed by atoms with Gasteiger partial charge in [0, 0.05) is 6.54 Å². The lowest BCUT2D eigenvalue weighted by atomic mass is 9.84. The first-order valence-corrected chi connectivity index (χ1v) is 6.77. The van der Waals surface area contributed by atoms with Gasteiger partial charge in [-0.3, -0.25) is 9.59 Å². The molecule has 1 heterocycles. The molecule has 0 spiro atoms. The number of carbonyl (C=O) groups is 2. The minimum atomic E-state index is -0.402. The number of amides is 1. The van der Waals surface area contributed by atoms with Gasteiger partial charge in [-0.25, -0.2) is 4.39 Å². The zero-order valence-electron chi connectivity index (χ0n) is 12.4. The van der Waals surface area contributed by atoms with Gasteiger partial charge < -0.3 is 4.90 Å². The molecule has 1 saturated heterocycles. The standard InChI is InChI=1S/C16H20FNO2/c1-10-7-11(5-6-12(10)17)9-18-14(20)8-13(19)15(18)16(2,3)4/h5-7,15H,8-9H2,1-4H3. The average Bonchev–Trinajstić information content (AvgIpc) is 2.58. The molecule has 0 saturated carbocycles. The minimum Gasteiger partial charge on any atom is -0.327 e. The van der Waals surface area contributed by atoms with E-state index in [9.17, 15) is 14.0 Å². The molecule has 2 rings (SSSR count). The Morgan fingerprint density at radius 1 is 1.30 bits per heavy atom. The minimum absolute atomic E-state index is 0.0257. The summed E-state index contributed by atoms with van der Waals surface area (Å²) < 4.78 is 13.3. The number of nitrogens with zero attached hydrogens (tertiary/aromatic N) is 1. The van der Waals surface area contributed by atoms with Gasteiger partial charge in [0.2, 0.25) is 5.91 Å². The van der Waals surface area contributed by atoms with Crippen LogP contribution in [0.5, 0.6) is 0 Å². The van der Waals surface area contributed by atoms with E-state index in [4.69, 9.17) is 0 Å². The van der Waals surface area contributed by atoms with Crippen molar-refractivity contribution in [3.05, 3.63) is 35.1 Å². The molecule has 1 unspecified atom stereocenters. The zero-order chi connectivity index (χ0) is 15.1. The molecule has 1 aliphatic rings. The van der Waals surface area contributed by atoms with E-state index in [2.05, 4.69) is 0 Å². The highest BCUT2D eigenvalue weighted by atomic mass is 19.1. The van der Waals surface area contributed by atoms with Crippen molar-refractivity contribution in [3.8, 4) is 0 Å². The summed E-state index contributed by atoms with van der Waals surface area (Å²) in [6.45, 7) is 7.91. The second-order valence-corrected chi connectivity index (χ2v) is 6.52. The number of rotatable bonds is 2. The molecular weight excluding hydrogens is 257 g/mol. The predicted molar refractivity (Wildman–Crippen MR) is 74.6 cm³/mol. The van der Waals surface area contributed by atoms with E-state index in [0.717, 1.165) is 5.56 Å². The van der Waals surface area contributed by atoms with Gasteiger partial charge in [0.15, 0.2) is 5.78 Å². The van der Waals surface area contributed by atoms with Gasteiger partial charge in [0.1, 0.15) is 5.82 Å². The fraction of sp³-hybridized carbons (Fsp3) is 0.500. The Kier molecular flexibility index (Phi) is 3.67. The van der Waals surface area contributed by atoms with Crippen molar-refractivity contribution in [2.75, 3.05) is 0 Å². The molecule has 1 amide bonds. The largest absolute Gasteiger partial charge is 0.327 e. The Hall–Kier alpha value is -1.71. The summed E-state index contributed by atoms with van der Waals surface area (Å²) in [6, 6.07) is 4.39. The lowest BCUT2D eigenvalue weighted by Crippen LogP contribution is -2.44. The number of benzene rings is 1. The van der Waals surface area contributed by atoms with Crippen molar-refractivity contribution in [1.82, 2.24) is 4.90 Å². The van der Waals surface area contributed by atoms with Gasteiger partial charge in [0.05, 0.1) is 12.5 Å². The monoisotopic (exact) mass is 277 g/mol. The van der Waals surface area contributed by atoms with Crippen LogP contribution in [0.4, 0.5) is 4.39 Å². The van der Waals surface area contributed by atoms with Gasteiger partial charge in [-0.2, -0.15) is 0 Å². The smallest absolute Gasteiger partial charge is 0.231 e. The molecule has 1 aromatic rings. The molecule has 0 radical (unpaired) electrons. The van der Waals surface area contributed by atoms with Crippen LogP contribution in [0.1, 0.15) is 38.3 Å². The van der Waals surface area contributed by atoms with Crippen LogP contribution in [-0.4, -0.2) is 22.6 Å². The summed E-state index contributed by atoms with van der Waals surface area (Å²) in [4.78, 5) is 25.7. The molecule has 3 nitrogen and oxygen atoms in total. The van der Waals surface area contributed by atoms with E-state index in [-0.39, 0.29) is 29.3 Å². The molecule has 0 bridgehead atoms. The van der Waals surface area contributed by atoms with Crippen LogP contribution in [0.15, 0.2) is 18.2 Å². The summed E-state index contributed by atoms with van der Waals surface area (Å²) in [5, 5.41) is 0. The number of carbonyl (C=O) groups excluding carboxylic acids is 2. The zero-order valence-corrected chi connectivity index (χ0v) is 12.4. The molecule has 0 aromatic heterocycles. The van der Waals surface area contributed by atoms with Crippen molar-refractivity contribution >= 4 is 11.7 Å². The summed E-state index contributed by atoms with van der Waals surface area (Å²) in [5.74, 6) is -0.428. The van der Waals surface area contributed by atoms with Crippen molar-refractivity contribution < 1.29 is 14.0 Å². The number of hydrogen-bond donors (Lipinski definition) is 0. The Morgan fingerprint density at radius 2 is 1.95 bits per heavy atom. The van der Waals surface area contributed by atoms with Crippen LogP contribution in [0, 0.1) is 18.2 Å². The topological polar surface area (TPSA) is 37.4 Å². The van der Waals surface area contributed by atoms with Gasteiger partial charge in [-0.05, 0) is 29.5 Å². The van der Waals surface area contributed by atoms with Gasteiger partial charge in [-0.15, -0.1) is 0 Å². The Labute approximate surface area is 118 Å². The van der Waals surface area contributed by atoms with Crippen molar-refractivity contribution in [1.29, 1.82) is 0 Å². The van der Waals surface area contributed by atoms with Gasteiger partial charge in [0.25, 0.3) is 0 Å². The highest BCUT2D eigenvalue weighted by molar-refractivity contribution is 6.07. The highest BCUT2D eigenvalue weighted by Crippen LogP contribution is 2.32. The summed E-state index contributed by atoms with van der Waals surface area (Å²) >= 11 is 0. The highest BCUT2D eigenvalue weighted by Gasteiger charge is 2.44. The Morgan fingerprint density at radius 3 is 2.50 bits per heavy atom. The summed E-state index contributed by atoms with van der Waals surface area (Å²) in [7, 11) is 0. The molecule has 1 aliphatic heterocycles. The first-order valence-electron chi connectivity index (χ1n) is 6.77. The maximum atomic E-state index is 13.3. The number of likely N-dealkylation sites (tertiary alicyclic amines) is 1. The number of aryl methyl sites for hydroxylation is 1. The summed E-state index contributed by atoms with van der Waals surface area (Å²) in [6.07, 6.45) is -0.0257. The average molecular weight is 277 g/mol. The third-order valence-corrected chi connectivity index (χ3v) is 3.66. The maximum Gasteiger partial charge on any atom is 0.231 e. The van der Waals surface area contributed by atoms with Crippen molar-refractivity contribution in [2.24, 2.45) is 5.41 Å². The normalized spacial score (nSPS) is 19.9. The fourth-order valence-electron chi connectivity index (χ4n) is 2.80. The van der Waals surface area contributed by atoms with Crippen LogP contribution in [0.3, 0.4) is 0 Å². The number of halogens is 1. The second kappa shape index (κ2) is 5.00. The van der Waals surface area contributed by atoms with E-state index >= 15 is 0 Å². The number of ketones is 1. The molecule has 0 aliphatic carbocycles. The molecule has 1 atom stereocenters. The first-order chi connectivity index (χ1) is 9.20. The fourth-order valence-corrected chi connectivity index (χ4v) is 2.80. The SMILES string of the molecule is Cc1cc(CN2C(=O)CC(=O)C2C(C)(C)C)ccc1F. The van der Waals surface area contributed by atoms with Gasteiger partial charge >= 0.3 is 0 Å². The van der Waals surface area contributed by atoms with Crippen molar-refractivity contribution in [3.63, 3.8) is 0 Å². The predicted octanol–water partition coefficient (Wildman–Crippen LogP) is 2.85.